The average Bonchev–Trinajstić information content (AvgIpc) is 3.14. The summed E-state index contributed by atoms with van der Waals surface area (Å²) in [6.07, 6.45) is 3.21. The van der Waals surface area contributed by atoms with Crippen molar-refractivity contribution in [1.29, 1.82) is 0 Å². The summed E-state index contributed by atoms with van der Waals surface area (Å²) in [5.41, 5.74) is 3.17. The second kappa shape index (κ2) is 9.72. The van der Waals surface area contributed by atoms with Crippen molar-refractivity contribution in [2.45, 2.75) is 26.8 Å². The number of benzene rings is 2. The quantitative estimate of drug-likeness (QED) is 0.239. The number of carbonyl (C=O) groups excluding carboxylic acids is 1. The number of nitrogens with zero attached hydrogens (tertiary/aromatic N) is 3. The summed E-state index contributed by atoms with van der Waals surface area (Å²) in [5.74, 6) is 0.442. The Morgan fingerprint density at radius 3 is 2.56 bits per heavy atom. The molecule has 1 saturated heterocycles. The fraction of sp³-hybridized carbons (Fsp3) is 0.143. The number of rotatable bonds is 5. The lowest BCUT2D eigenvalue weighted by molar-refractivity contribution is -0.123. The number of ether oxygens (including phenoxy) is 1. The second-order valence-corrected chi connectivity index (χ2v) is 10.3. The molecule has 3 heterocycles. The van der Waals surface area contributed by atoms with Crippen molar-refractivity contribution in [3.05, 3.63) is 110 Å². The van der Waals surface area contributed by atoms with Crippen LogP contribution in [0.4, 0.5) is 0 Å². The third-order valence-electron chi connectivity index (χ3n) is 6.02. The zero-order chi connectivity index (χ0) is 25.4. The Morgan fingerprint density at radius 1 is 1.03 bits per heavy atom. The summed E-state index contributed by atoms with van der Waals surface area (Å²) in [4.78, 5) is 33.7. The Morgan fingerprint density at radius 2 is 1.81 bits per heavy atom. The van der Waals surface area contributed by atoms with Gasteiger partial charge in [-0.3, -0.25) is 18.9 Å². The standard InChI is InChI=1S/C28H23N3O3S2/c1-17-9-7-13-21(15-17)34-25-22(26(32)30-14-8-10-18(2)24(30)29-25)16-23-27(33)31(28(35)36-23)19(3)20-11-5-4-6-12-20/h4-16,19H,1-3H3/b23-16+. The normalized spacial score (nSPS) is 15.6. The third-order valence-corrected chi connectivity index (χ3v) is 7.35. The first-order valence-corrected chi connectivity index (χ1v) is 12.6. The van der Waals surface area contributed by atoms with Crippen LogP contribution in [0.2, 0.25) is 0 Å². The minimum absolute atomic E-state index is 0.140. The minimum atomic E-state index is -0.326. The summed E-state index contributed by atoms with van der Waals surface area (Å²) < 4.78 is 8.02. The zero-order valence-corrected chi connectivity index (χ0v) is 21.6. The lowest BCUT2D eigenvalue weighted by Gasteiger charge is -2.23. The van der Waals surface area contributed by atoms with Gasteiger partial charge in [0.25, 0.3) is 11.5 Å². The molecule has 0 radical (unpaired) electrons. The van der Waals surface area contributed by atoms with Gasteiger partial charge in [0.1, 0.15) is 21.3 Å². The van der Waals surface area contributed by atoms with Crippen molar-refractivity contribution in [2.24, 2.45) is 0 Å². The van der Waals surface area contributed by atoms with Crippen LogP contribution in [0.3, 0.4) is 0 Å². The highest BCUT2D eigenvalue weighted by Gasteiger charge is 2.36. The van der Waals surface area contributed by atoms with E-state index in [4.69, 9.17) is 17.0 Å². The molecule has 180 valence electrons. The van der Waals surface area contributed by atoms with Crippen molar-refractivity contribution < 1.29 is 9.53 Å². The van der Waals surface area contributed by atoms with Gasteiger partial charge >= 0.3 is 0 Å². The number of hydrogen-bond acceptors (Lipinski definition) is 6. The highest BCUT2D eigenvalue weighted by molar-refractivity contribution is 8.26. The van der Waals surface area contributed by atoms with Crippen LogP contribution in [0.15, 0.2) is 82.6 Å². The molecule has 0 N–H and O–H groups in total. The smallest absolute Gasteiger partial charge is 0.269 e. The Labute approximate surface area is 218 Å². The van der Waals surface area contributed by atoms with Crippen LogP contribution < -0.4 is 10.3 Å². The van der Waals surface area contributed by atoms with E-state index in [0.29, 0.717) is 20.6 Å². The maximum Gasteiger partial charge on any atom is 0.269 e. The molecule has 36 heavy (non-hydrogen) atoms. The molecule has 6 nitrogen and oxygen atoms in total. The molecule has 2 aromatic carbocycles. The van der Waals surface area contributed by atoms with E-state index in [9.17, 15) is 9.59 Å². The molecule has 1 aliphatic heterocycles. The first kappa shape index (κ1) is 24.0. The van der Waals surface area contributed by atoms with Gasteiger partial charge in [-0.2, -0.15) is 4.98 Å². The number of aryl methyl sites for hydroxylation is 2. The van der Waals surface area contributed by atoms with Gasteiger partial charge in [0.05, 0.1) is 10.9 Å². The number of thioether (sulfide) groups is 1. The number of thiocarbonyl (C=S) groups is 1. The predicted octanol–water partition coefficient (Wildman–Crippen LogP) is 6.07. The van der Waals surface area contributed by atoms with Gasteiger partial charge in [-0.15, -0.1) is 0 Å². The van der Waals surface area contributed by atoms with E-state index >= 15 is 0 Å². The van der Waals surface area contributed by atoms with Gasteiger partial charge in [0, 0.05) is 6.20 Å². The highest BCUT2D eigenvalue weighted by atomic mass is 32.2. The number of carbonyl (C=O) groups is 1. The monoisotopic (exact) mass is 513 g/mol. The third kappa shape index (κ3) is 4.45. The SMILES string of the molecule is Cc1cccc(Oc2nc3c(C)cccn3c(=O)c2/C=C2/SC(=S)N(C(C)c3ccccc3)C2=O)c1. The summed E-state index contributed by atoms with van der Waals surface area (Å²) >= 11 is 6.73. The number of hydrogen-bond donors (Lipinski definition) is 0. The molecule has 8 heteroatoms. The maximum absolute atomic E-state index is 13.6. The van der Waals surface area contributed by atoms with Crippen molar-refractivity contribution >= 4 is 45.9 Å². The number of fused-ring (bicyclic) bond motifs is 1. The van der Waals surface area contributed by atoms with E-state index in [-0.39, 0.29) is 29.0 Å². The number of amides is 1. The first-order valence-electron chi connectivity index (χ1n) is 11.4. The molecule has 1 aliphatic rings. The summed E-state index contributed by atoms with van der Waals surface area (Å²) in [5, 5.41) is 0. The highest BCUT2D eigenvalue weighted by Crippen LogP contribution is 2.38. The minimum Gasteiger partial charge on any atom is -0.438 e. The molecule has 4 aromatic rings. The van der Waals surface area contributed by atoms with Crippen LogP contribution in [0, 0.1) is 13.8 Å². The Bertz CT molecular complexity index is 1600. The zero-order valence-electron chi connectivity index (χ0n) is 20.0. The van der Waals surface area contributed by atoms with Crippen LogP contribution >= 0.6 is 24.0 Å². The average molecular weight is 514 g/mol. The molecule has 0 spiro atoms. The fourth-order valence-electron chi connectivity index (χ4n) is 4.11. The lowest BCUT2D eigenvalue weighted by Crippen LogP contribution is -2.31. The topological polar surface area (TPSA) is 63.9 Å². The van der Waals surface area contributed by atoms with Crippen LogP contribution in [-0.2, 0) is 4.79 Å². The van der Waals surface area contributed by atoms with Gasteiger partial charge in [-0.05, 0) is 61.7 Å². The van der Waals surface area contributed by atoms with E-state index in [0.717, 1.165) is 16.7 Å². The largest absolute Gasteiger partial charge is 0.438 e. The van der Waals surface area contributed by atoms with Crippen LogP contribution in [0.1, 0.15) is 35.2 Å². The number of aromatic nitrogens is 2. The lowest BCUT2D eigenvalue weighted by atomic mass is 10.1. The van der Waals surface area contributed by atoms with Crippen LogP contribution in [0.5, 0.6) is 11.6 Å². The van der Waals surface area contributed by atoms with E-state index in [1.807, 2.05) is 75.4 Å². The van der Waals surface area contributed by atoms with E-state index in [1.165, 1.54) is 16.2 Å². The van der Waals surface area contributed by atoms with E-state index < -0.39 is 0 Å². The van der Waals surface area contributed by atoms with Crippen LogP contribution in [0.25, 0.3) is 11.7 Å². The van der Waals surface area contributed by atoms with Gasteiger partial charge < -0.3 is 4.74 Å². The predicted molar refractivity (Wildman–Crippen MR) is 147 cm³/mol. The molecule has 2 aromatic heterocycles. The van der Waals surface area contributed by atoms with Gasteiger partial charge in [-0.25, -0.2) is 0 Å². The molecular weight excluding hydrogens is 490 g/mol. The molecule has 1 fully saturated rings. The van der Waals surface area contributed by atoms with Gasteiger partial charge in [0.15, 0.2) is 0 Å². The molecule has 5 rings (SSSR count). The first-order chi connectivity index (χ1) is 17.3. The Kier molecular flexibility index (Phi) is 6.47. The van der Waals surface area contributed by atoms with Crippen molar-refractivity contribution in [2.75, 3.05) is 0 Å². The van der Waals surface area contributed by atoms with Crippen LogP contribution in [-0.4, -0.2) is 24.5 Å². The Balaban J connectivity index is 1.61. The molecule has 1 atom stereocenters. The van der Waals surface area contributed by atoms with Crippen molar-refractivity contribution in [1.82, 2.24) is 14.3 Å². The summed E-state index contributed by atoms with van der Waals surface area (Å²) in [6, 6.07) is 20.6. The number of pyridine rings is 1. The molecule has 0 bridgehead atoms. The molecule has 1 amide bonds. The van der Waals surface area contributed by atoms with E-state index in [2.05, 4.69) is 4.98 Å². The summed E-state index contributed by atoms with van der Waals surface area (Å²) in [7, 11) is 0. The molecule has 0 saturated carbocycles. The summed E-state index contributed by atoms with van der Waals surface area (Å²) in [6.45, 7) is 5.78. The molecular formula is C28H23N3O3S2. The van der Waals surface area contributed by atoms with Gasteiger partial charge in [-0.1, -0.05) is 72.5 Å². The van der Waals surface area contributed by atoms with Crippen molar-refractivity contribution in [3.63, 3.8) is 0 Å². The molecule has 0 aliphatic carbocycles. The van der Waals surface area contributed by atoms with Crippen molar-refractivity contribution in [3.8, 4) is 11.6 Å². The maximum atomic E-state index is 13.6. The fourth-order valence-corrected chi connectivity index (χ4v) is 5.51. The van der Waals surface area contributed by atoms with E-state index in [1.54, 1.807) is 29.3 Å². The molecule has 1 unspecified atom stereocenters. The Hall–Kier alpha value is -3.75. The van der Waals surface area contributed by atoms with Gasteiger partial charge in [0.2, 0.25) is 5.88 Å². The second-order valence-electron chi connectivity index (χ2n) is 8.58.